The van der Waals surface area contributed by atoms with Gasteiger partial charge in [-0.15, -0.1) is 0 Å². The summed E-state index contributed by atoms with van der Waals surface area (Å²) in [6.45, 7) is 0. The van der Waals surface area contributed by atoms with Crippen molar-refractivity contribution in [1.82, 2.24) is 0 Å². The van der Waals surface area contributed by atoms with Crippen molar-refractivity contribution in [2.24, 2.45) is 11.3 Å². The van der Waals surface area contributed by atoms with Crippen LogP contribution in [0.5, 0.6) is 0 Å². The Balaban J connectivity index is 2.02. The van der Waals surface area contributed by atoms with E-state index in [-0.39, 0.29) is 32.2 Å². The van der Waals surface area contributed by atoms with Crippen molar-refractivity contribution in [3.63, 3.8) is 0 Å². The van der Waals surface area contributed by atoms with E-state index in [0.29, 0.717) is 0 Å². The highest BCUT2D eigenvalue weighted by Crippen LogP contribution is 2.65. The number of benzene rings is 4. The fourth-order valence-electron chi connectivity index (χ4n) is 5.93. The van der Waals surface area contributed by atoms with Gasteiger partial charge in [0.1, 0.15) is 0 Å². The van der Waals surface area contributed by atoms with Gasteiger partial charge in [0, 0.05) is 31.7 Å². The summed E-state index contributed by atoms with van der Waals surface area (Å²) >= 11 is 31.9. The maximum atomic E-state index is 5.54. The predicted molar refractivity (Wildman–Crippen MR) is 194 cm³/mol. The van der Waals surface area contributed by atoms with Gasteiger partial charge in [-0.1, -0.05) is 121 Å². The van der Waals surface area contributed by atoms with Crippen LogP contribution >= 0.6 is 75.8 Å². The Labute approximate surface area is 273 Å². The van der Waals surface area contributed by atoms with Crippen LogP contribution in [0.1, 0.15) is 56.1 Å². The maximum absolute atomic E-state index is 5.54. The first kappa shape index (κ1) is 31.9. The molecule has 0 radical (unpaired) electrons. The number of rotatable bonds is 13. The lowest BCUT2D eigenvalue weighted by atomic mass is 9.60. The molecule has 0 saturated carbocycles. The smallest absolute Gasteiger partial charge is 0.0389 e. The van der Waals surface area contributed by atoms with Crippen LogP contribution in [-0.4, -0.2) is 11.0 Å². The minimum Gasteiger partial charge on any atom is -0.179 e. The van der Waals surface area contributed by atoms with Gasteiger partial charge in [0.25, 0.3) is 0 Å². The van der Waals surface area contributed by atoms with Crippen LogP contribution in [0, 0.1) is 11.3 Å². The zero-order valence-corrected chi connectivity index (χ0v) is 27.7. The summed E-state index contributed by atoms with van der Waals surface area (Å²) in [6, 6.07) is 42.1. The molecule has 4 aromatic rings. The molecule has 40 heavy (non-hydrogen) atoms. The van der Waals surface area contributed by atoms with Gasteiger partial charge in [-0.25, -0.2) is 0 Å². The zero-order valence-electron chi connectivity index (χ0n) is 22.3. The highest BCUT2D eigenvalue weighted by atomic mass is 32.1. The third-order valence-electron chi connectivity index (χ3n) is 7.97. The van der Waals surface area contributed by atoms with E-state index in [1.807, 2.05) is 18.2 Å². The molecule has 0 saturated heterocycles. The van der Waals surface area contributed by atoms with Gasteiger partial charge in [0.15, 0.2) is 0 Å². The van der Waals surface area contributed by atoms with Crippen LogP contribution in [0.4, 0.5) is 0 Å². The fraction of sp³-hybridized carbons (Fsp3) is 0.294. The summed E-state index contributed by atoms with van der Waals surface area (Å²) in [5.41, 5.74) is 3.99. The van der Waals surface area contributed by atoms with Crippen LogP contribution in [-0.2, 0) is 0 Å². The minimum atomic E-state index is -0.592. The summed E-state index contributed by atoms with van der Waals surface area (Å²) in [5.74, 6) is 0.824. The van der Waals surface area contributed by atoms with Gasteiger partial charge in [-0.05, 0) is 46.8 Å². The molecule has 0 amide bonds. The third-order valence-corrected chi connectivity index (χ3v) is 12.0. The van der Waals surface area contributed by atoms with Crippen LogP contribution < -0.4 is 0 Å². The molecule has 0 heterocycles. The summed E-state index contributed by atoms with van der Waals surface area (Å²) < 4.78 is 0. The van der Waals surface area contributed by atoms with E-state index in [0.717, 1.165) is 35.3 Å². The molecule has 0 nitrogen and oxygen atoms in total. The second kappa shape index (κ2) is 15.5. The van der Waals surface area contributed by atoms with Gasteiger partial charge in [-0.3, -0.25) is 0 Å². The van der Waals surface area contributed by atoms with Crippen molar-refractivity contribution in [2.45, 2.75) is 39.1 Å². The minimum absolute atomic E-state index is 0.0386. The highest BCUT2D eigenvalue weighted by Gasteiger charge is 2.56. The number of hydrogen-bond acceptors (Lipinski definition) is 6. The molecule has 6 heteroatoms. The molecule has 4 rings (SSSR count). The first-order valence-electron chi connectivity index (χ1n) is 13.6. The molecule has 0 aliphatic rings. The lowest BCUT2D eigenvalue weighted by Crippen LogP contribution is -2.49. The average molecular weight is 639 g/mol. The summed E-state index contributed by atoms with van der Waals surface area (Å²) in [6.07, 6.45) is 1.83. The van der Waals surface area contributed by atoms with E-state index in [9.17, 15) is 0 Å². The van der Waals surface area contributed by atoms with Crippen molar-refractivity contribution in [3.8, 4) is 0 Å². The Morgan fingerprint density at radius 2 is 0.825 bits per heavy atom. The van der Waals surface area contributed by atoms with Crippen molar-refractivity contribution in [2.75, 3.05) is 5.75 Å². The molecule has 0 bridgehead atoms. The maximum Gasteiger partial charge on any atom is 0.0389 e. The third kappa shape index (κ3) is 6.95. The Bertz CT molecular complexity index is 1220. The van der Waals surface area contributed by atoms with Gasteiger partial charge < -0.3 is 0 Å². The van der Waals surface area contributed by atoms with Crippen molar-refractivity contribution in [1.29, 1.82) is 0 Å². The van der Waals surface area contributed by atoms with Crippen molar-refractivity contribution >= 4 is 75.8 Å². The first-order chi connectivity index (χ1) is 19.4. The predicted octanol–water partition coefficient (Wildman–Crippen LogP) is 10.3. The highest BCUT2D eigenvalue weighted by molar-refractivity contribution is 7.85. The van der Waals surface area contributed by atoms with Gasteiger partial charge >= 0.3 is 0 Å². The second-order valence-corrected chi connectivity index (χ2v) is 13.4. The normalized spacial score (nSPS) is 17.6. The van der Waals surface area contributed by atoms with E-state index in [1.54, 1.807) is 0 Å². The fourth-order valence-corrected chi connectivity index (χ4v) is 9.48. The lowest BCUT2D eigenvalue weighted by molar-refractivity contribution is 0.128. The molecule has 0 fully saturated rings. The van der Waals surface area contributed by atoms with Crippen LogP contribution in [0.25, 0.3) is 0 Å². The monoisotopic (exact) mass is 638 g/mol. The molecule has 4 aromatic carbocycles. The summed E-state index contributed by atoms with van der Waals surface area (Å²) in [7, 11) is 0. The van der Waals surface area contributed by atoms with Gasteiger partial charge in [0.2, 0.25) is 0 Å². The Hall–Kier alpha value is -1.02. The number of thiol groups is 6. The quantitative estimate of drug-likeness (QED) is 0.0772. The van der Waals surface area contributed by atoms with Gasteiger partial charge in [-0.2, -0.15) is 75.8 Å². The SMILES string of the molecule is SCCCC(C(S)c1ccccc1)C(C(S)c1ccccc1)(C(S)c1ccccc1)C(S)C(S)c1ccccc1. The van der Waals surface area contributed by atoms with E-state index >= 15 is 0 Å². The molecule has 210 valence electrons. The topological polar surface area (TPSA) is 0 Å². The Morgan fingerprint density at radius 1 is 0.475 bits per heavy atom. The van der Waals surface area contributed by atoms with E-state index in [4.69, 9.17) is 63.1 Å². The largest absolute Gasteiger partial charge is 0.179 e. The first-order valence-corrected chi connectivity index (χ1v) is 16.8. The van der Waals surface area contributed by atoms with Crippen LogP contribution in [0.2, 0.25) is 0 Å². The van der Waals surface area contributed by atoms with Crippen LogP contribution in [0.3, 0.4) is 0 Å². The molecule has 0 spiro atoms. The van der Waals surface area contributed by atoms with E-state index in [2.05, 4.69) is 116 Å². The standard InChI is InChI=1S/C34H38S6/c35-23-13-22-28(29(36)24-14-5-1-6-15-24)34(31(38)26-18-9-3-10-19-26,32(39)27-20-11-4-12-21-27)33(40)30(37)25-16-7-2-8-17-25/h1-12,14-21,28-33,35-40H,13,22-23H2. The van der Waals surface area contributed by atoms with Crippen LogP contribution in [0.15, 0.2) is 121 Å². The van der Waals surface area contributed by atoms with Gasteiger partial charge in [0.05, 0.1) is 0 Å². The molecule has 0 aromatic heterocycles. The zero-order chi connectivity index (χ0) is 28.5. The Morgan fingerprint density at radius 3 is 1.20 bits per heavy atom. The molecule has 0 N–H and O–H groups in total. The molecular formula is C34H38S6. The van der Waals surface area contributed by atoms with Crippen molar-refractivity contribution < 1.29 is 0 Å². The Kier molecular flexibility index (Phi) is 12.3. The number of hydrogen-bond donors (Lipinski definition) is 6. The summed E-state index contributed by atoms with van der Waals surface area (Å²) in [5, 5.41) is -0.896. The molecule has 0 aliphatic carbocycles. The lowest BCUT2D eigenvalue weighted by Gasteiger charge is -2.55. The molecule has 0 aliphatic heterocycles. The summed E-state index contributed by atoms with van der Waals surface area (Å²) in [4.78, 5) is 0. The molecule has 6 atom stereocenters. The van der Waals surface area contributed by atoms with E-state index in [1.165, 1.54) is 5.56 Å². The molecule has 6 unspecified atom stereocenters. The second-order valence-electron chi connectivity index (χ2n) is 10.3. The van der Waals surface area contributed by atoms with Crippen molar-refractivity contribution in [3.05, 3.63) is 144 Å². The molecular weight excluding hydrogens is 601 g/mol. The average Bonchev–Trinajstić information content (AvgIpc) is 3.03. The van der Waals surface area contributed by atoms with E-state index < -0.39 is 5.41 Å².